The van der Waals surface area contributed by atoms with Gasteiger partial charge in [0.05, 0.1) is 5.41 Å². The van der Waals surface area contributed by atoms with E-state index in [1.54, 1.807) is 13.8 Å². The van der Waals surface area contributed by atoms with Gasteiger partial charge in [-0.3, -0.25) is 4.79 Å². The lowest BCUT2D eigenvalue weighted by Crippen LogP contribution is -2.23. The van der Waals surface area contributed by atoms with Crippen molar-refractivity contribution in [2.75, 3.05) is 0 Å². The van der Waals surface area contributed by atoms with Crippen molar-refractivity contribution < 1.29 is 9.90 Å². The van der Waals surface area contributed by atoms with E-state index in [2.05, 4.69) is 24.3 Å². The van der Waals surface area contributed by atoms with E-state index in [4.69, 9.17) is 5.11 Å². The Morgan fingerprint density at radius 1 is 1.10 bits per heavy atom. The van der Waals surface area contributed by atoms with E-state index in [1.807, 2.05) is 0 Å². The molecular weight excluding hydrogens is 260 g/mol. The Kier molecular flexibility index (Phi) is 5.44. The quantitative estimate of drug-likeness (QED) is 0.705. The fourth-order valence-corrected chi connectivity index (χ4v) is 2.72. The first-order valence-electron chi connectivity index (χ1n) is 8.28. The molecule has 0 atom stereocenters. The van der Waals surface area contributed by atoms with Crippen LogP contribution in [0.1, 0.15) is 63.5 Å². The minimum absolute atomic E-state index is 0.608. The molecule has 1 aliphatic rings. The number of aryl methyl sites for hydroxylation is 2. The minimum Gasteiger partial charge on any atom is -0.481 e. The molecule has 116 valence electrons. The highest BCUT2D eigenvalue weighted by molar-refractivity contribution is 5.73. The fraction of sp³-hybridized carbons (Fsp3) is 0.632. The van der Waals surface area contributed by atoms with Gasteiger partial charge in [0.1, 0.15) is 0 Å². The van der Waals surface area contributed by atoms with Crippen LogP contribution in [0.3, 0.4) is 0 Å². The standard InChI is InChI=1S/C19H28O2/c1-19(2,18(20)21)14-4-7-17-12-10-16(11-13-17)6-3-5-15-8-9-15/h10-13,15H,3-9,14H2,1-2H3,(H,20,21). The summed E-state index contributed by atoms with van der Waals surface area (Å²) in [6.45, 7) is 3.61. The maximum absolute atomic E-state index is 11.1. The van der Waals surface area contributed by atoms with E-state index < -0.39 is 11.4 Å². The lowest BCUT2D eigenvalue weighted by Gasteiger charge is -2.18. The zero-order valence-corrected chi connectivity index (χ0v) is 13.4. The van der Waals surface area contributed by atoms with Gasteiger partial charge in [-0.15, -0.1) is 0 Å². The Balaban J connectivity index is 1.70. The Bertz CT molecular complexity index is 455. The summed E-state index contributed by atoms with van der Waals surface area (Å²) in [5, 5.41) is 9.10. The van der Waals surface area contributed by atoms with Crippen molar-refractivity contribution in [2.45, 2.75) is 65.2 Å². The molecule has 0 unspecified atom stereocenters. The molecule has 1 aromatic rings. The third-order valence-electron chi connectivity index (χ3n) is 4.64. The molecule has 0 heterocycles. The van der Waals surface area contributed by atoms with Crippen LogP contribution in [0, 0.1) is 11.3 Å². The zero-order chi connectivity index (χ0) is 15.3. The van der Waals surface area contributed by atoms with Crippen LogP contribution in [0.25, 0.3) is 0 Å². The second kappa shape index (κ2) is 7.11. The maximum Gasteiger partial charge on any atom is 0.309 e. The van der Waals surface area contributed by atoms with Crippen molar-refractivity contribution in [3.05, 3.63) is 35.4 Å². The van der Waals surface area contributed by atoms with Gasteiger partial charge in [-0.1, -0.05) is 43.5 Å². The van der Waals surface area contributed by atoms with Gasteiger partial charge in [0.25, 0.3) is 0 Å². The smallest absolute Gasteiger partial charge is 0.309 e. The summed E-state index contributed by atoms with van der Waals surface area (Å²) in [5.41, 5.74) is 2.15. The van der Waals surface area contributed by atoms with Crippen LogP contribution in [-0.2, 0) is 17.6 Å². The average molecular weight is 288 g/mol. The van der Waals surface area contributed by atoms with Gasteiger partial charge in [-0.25, -0.2) is 0 Å². The normalized spacial score (nSPS) is 15.1. The molecule has 0 radical (unpaired) electrons. The van der Waals surface area contributed by atoms with Crippen LogP contribution >= 0.6 is 0 Å². The lowest BCUT2D eigenvalue weighted by atomic mass is 9.86. The molecule has 1 saturated carbocycles. The molecule has 21 heavy (non-hydrogen) atoms. The predicted molar refractivity (Wildman–Crippen MR) is 86.5 cm³/mol. The second-order valence-electron chi connectivity index (χ2n) is 7.19. The summed E-state index contributed by atoms with van der Waals surface area (Å²) < 4.78 is 0. The number of rotatable bonds is 9. The molecule has 0 saturated heterocycles. The molecule has 1 N–H and O–H groups in total. The Labute approximate surface area is 128 Å². The SMILES string of the molecule is CC(C)(CCCc1ccc(CCCC2CC2)cc1)C(=O)O. The third kappa shape index (κ3) is 5.53. The van der Waals surface area contributed by atoms with E-state index in [0.717, 1.165) is 25.2 Å². The van der Waals surface area contributed by atoms with E-state index in [9.17, 15) is 4.79 Å². The third-order valence-corrected chi connectivity index (χ3v) is 4.64. The van der Waals surface area contributed by atoms with Crippen molar-refractivity contribution in [1.82, 2.24) is 0 Å². The van der Waals surface area contributed by atoms with Gasteiger partial charge < -0.3 is 5.11 Å². The lowest BCUT2D eigenvalue weighted by molar-refractivity contribution is -0.147. The number of carbonyl (C=O) groups is 1. The highest BCUT2D eigenvalue weighted by Crippen LogP contribution is 2.33. The van der Waals surface area contributed by atoms with Gasteiger partial charge in [0, 0.05) is 0 Å². The molecule has 0 amide bonds. The maximum atomic E-state index is 11.1. The number of aliphatic carboxylic acids is 1. The van der Waals surface area contributed by atoms with E-state index in [-0.39, 0.29) is 0 Å². The fourth-order valence-electron chi connectivity index (χ4n) is 2.72. The Morgan fingerprint density at radius 3 is 2.10 bits per heavy atom. The average Bonchev–Trinajstić information content (AvgIpc) is 3.24. The number of hydrogen-bond acceptors (Lipinski definition) is 1. The highest BCUT2D eigenvalue weighted by atomic mass is 16.4. The van der Waals surface area contributed by atoms with Crippen molar-refractivity contribution in [1.29, 1.82) is 0 Å². The van der Waals surface area contributed by atoms with Crippen molar-refractivity contribution in [3.8, 4) is 0 Å². The number of benzene rings is 1. The molecule has 0 spiro atoms. The first-order chi connectivity index (χ1) is 9.97. The van der Waals surface area contributed by atoms with Gasteiger partial charge >= 0.3 is 5.97 Å². The monoisotopic (exact) mass is 288 g/mol. The molecule has 2 nitrogen and oxygen atoms in total. The number of carboxylic acids is 1. The first kappa shape index (κ1) is 16.1. The summed E-state index contributed by atoms with van der Waals surface area (Å²) in [6.07, 6.45) is 9.44. The number of hydrogen-bond donors (Lipinski definition) is 1. The molecule has 2 rings (SSSR count). The Hall–Kier alpha value is -1.31. The van der Waals surface area contributed by atoms with Crippen molar-refractivity contribution in [3.63, 3.8) is 0 Å². The number of carboxylic acid groups (broad SMARTS) is 1. The first-order valence-corrected chi connectivity index (χ1v) is 8.28. The van der Waals surface area contributed by atoms with Crippen molar-refractivity contribution in [2.24, 2.45) is 11.3 Å². The van der Waals surface area contributed by atoms with Crippen LogP contribution < -0.4 is 0 Å². The van der Waals surface area contributed by atoms with Crippen LogP contribution in [0.4, 0.5) is 0 Å². The molecule has 1 aromatic carbocycles. The highest BCUT2D eigenvalue weighted by Gasteiger charge is 2.26. The van der Waals surface area contributed by atoms with E-state index in [0.29, 0.717) is 0 Å². The molecule has 1 fully saturated rings. The van der Waals surface area contributed by atoms with E-state index >= 15 is 0 Å². The van der Waals surface area contributed by atoms with Gasteiger partial charge in [-0.2, -0.15) is 0 Å². The van der Waals surface area contributed by atoms with Crippen LogP contribution in [-0.4, -0.2) is 11.1 Å². The van der Waals surface area contributed by atoms with Crippen LogP contribution in [0.5, 0.6) is 0 Å². The second-order valence-corrected chi connectivity index (χ2v) is 7.19. The molecule has 0 aromatic heterocycles. The Morgan fingerprint density at radius 2 is 1.62 bits per heavy atom. The van der Waals surface area contributed by atoms with E-state index in [1.165, 1.54) is 43.2 Å². The molecular formula is C19H28O2. The summed E-state index contributed by atoms with van der Waals surface area (Å²) >= 11 is 0. The van der Waals surface area contributed by atoms with Crippen LogP contribution in [0.15, 0.2) is 24.3 Å². The van der Waals surface area contributed by atoms with Gasteiger partial charge in [0.2, 0.25) is 0 Å². The predicted octanol–water partition coefficient (Wildman–Crippen LogP) is 4.85. The zero-order valence-electron chi connectivity index (χ0n) is 13.4. The van der Waals surface area contributed by atoms with Crippen LogP contribution in [0.2, 0.25) is 0 Å². The summed E-state index contributed by atoms with van der Waals surface area (Å²) in [5.74, 6) is 0.329. The largest absolute Gasteiger partial charge is 0.481 e. The molecule has 1 aliphatic carbocycles. The summed E-state index contributed by atoms with van der Waals surface area (Å²) in [4.78, 5) is 11.1. The van der Waals surface area contributed by atoms with Gasteiger partial charge in [0.15, 0.2) is 0 Å². The molecule has 0 aliphatic heterocycles. The van der Waals surface area contributed by atoms with Crippen molar-refractivity contribution >= 4 is 5.97 Å². The summed E-state index contributed by atoms with van der Waals surface area (Å²) in [7, 11) is 0. The topological polar surface area (TPSA) is 37.3 Å². The molecule has 0 bridgehead atoms. The minimum atomic E-state index is -0.700. The molecule has 2 heteroatoms. The van der Waals surface area contributed by atoms with Gasteiger partial charge in [-0.05, 0) is 63.0 Å². The summed E-state index contributed by atoms with van der Waals surface area (Å²) in [6, 6.07) is 8.90.